The van der Waals surface area contributed by atoms with Crippen LogP contribution in [0.4, 0.5) is 15.6 Å². The fourth-order valence-corrected chi connectivity index (χ4v) is 4.09. The summed E-state index contributed by atoms with van der Waals surface area (Å²) in [6, 6.07) is 4.12. The molecule has 0 spiro atoms. The molecule has 0 bridgehead atoms. The van der Waals surface area contributed by atoms with Crippen molar-refractivity contribution in [2.24, 2.45) is 5.92 Å². The lowest BCUT2D eigenvalue weighted by atomic mass is 10.00. The molecule has 1 saturated heterocycles. The first-order valence-corrected chi connectivity index (χ1v) is 9.96. The van der Waals surface area contributed by atoms with Gasteiger partial charge in [-0.1, -0.05) is 6.92 Å². The second-order valence-corrected chi connectivity index (χ2v) is 7.49. The molecular formula is C18H20N8O2S. The van der Waals surface area contributed by atoms with E-state index in [1.165, 1.54) is 7.11 Å². The van der Waals surface area contributed by atoms with E-state index < -0.39 is 0 Å². The number of rotatable bonds is 5. The number of carbonyl (C=O) groups is 1. The highest BCUT2D eigenvalue weighted by Crippen LogP contribution is 2.30. The van der Waals surface area contributed by atoms with Crippen molar-refractivity contribution in [3.05, 3.63) is 24.0 Å². The van der Waals surface area contributed by atoms with Crippen molar-refractivity contribution in [3.8, 4) is 12.1 Å². The lowest BCUT2D eigenvalue weighted by Crippen LogP contribution is -2.35. The molecule has 1 aliphatic rings. The van der Waals surface area contributed by atoms with E-state index in [4.69, 9.17) is 4.74 Å². The van der Waals surface area contributed by atoms with Crippen molar-refractivity contribution in [1.29, 1.82) is 5.26 Å². The highest BCUT2D eigenvalue weighted by atomic mass is 32.1. The van der Waals surface area contributed by atoms with E-state index in [-0.39, 0.29) is 24.0 Å². The SMILES string of the molecule is CC[C@@H]1CN(C(=O)Nc2nc(OC)ns2)C[C@@H]1Nc1c(C#N)cnc2[nH]ccc12. The number of aromatic nitrogens is 4. The summed E-state index contributed by atoms with van der Waals surface area (Å²) in [5.74, 6) is 0.249. The van der Waals surface area contributed by atoms with Crippen molar-refractivity contribution in [2.75, 3.05) is 30.8 Å². The molecule has 11 heteroatoms. The summed E-state index contributed by atoms with van der Waals surface area (Å²) in [6.07, 6.45) is 4.26. The molecule has 2 amide bonds. The van der Waals surface area contributed by atoms with E-state index in [0.29, 0.717) is 23.8 Å². The molecule has 1 fully saturated rings. The fraction of sp³-hybridized carbons (Fsp3) is 0.389. The predicted molar refractivity (Wildman–Crippen MR) is 109 cm³/mol. The summed E-state index contributed by atoms with van der Waals surface area (Å²) >= 11 is 1.07. The molecule has 10 nitrogen and oxygen atoms in total. The number of pyridine rings is 1. The Bertz CT molecular complexity index is 1070. The number of likely N-dealkylation sites (tertiary alicyclic amines) is 1. The number of hydrogen-bond acceptors (Lipinski definition) is 8. The van der Waals surface area contributed by atoms with Crippen LogP contribution in [0.5, 0.6) is 6.01 Å². The fourth-order valence-electron chi connectivity index (χ4n) is 3.56. The second kappa shape index (κ2) is 7.92. The Morgan fingerprint density at radius 1 is 1.52 bits per heavy atom. The number of hydrogen-bond donors (Lipinski definition) is 3. The number of fused-ring (bicyclic) bond motifs is 1. The lowest BCUT2D eigenvalue weighted by Gasteiger charge is -2.20. The first kappa shape index (κ1) is 18.9. The minimum atomic E-state index is -0.228. The monoisotopic (exact) mass is 412 g/mol. The third-order valence-corrected chi connectivity index (χ3v) is 5.71. The van der Waals surface area contributed by atoms with Gasteiger partial charge in [0.15, 0.2) is 0 Å². The van der Waals surface area contributed by atoms with Gasteiger partial charge in [-0.25, -0.2) is 9.78 Å². The average molecular weight is 412 g/mol. The van der Waals surface area contributed by atoms with Crippen LogP contribution in [-0.2, 0) is 0 Å². The summed E-state index contributed by atoms with van der Waals surface area (Å²) in [6.45, 7) is 3.22. The molecule has 4 rings (SSSR count). The van der Waals surface area contributed by atoms with Crippen LogP contribution in [0.1, 0.15) is 18.9 Å². The number of anilines is 2. The zero-order chi connectivity index (χ0) is 20.4. The van der Waals surface area contributed by atoms with Gasteiger partial charge in [-0.05, 0) is 18.4 Å². The molecule has 0 unspecified atom stereocenters. The maximum Gasteiger partial charge on any atom is 0.329 e. The molecule has 29 heavy (non-hydrogen) atoms. The minimum absolute atomic E-state index is 0.0160. The van der Waals surface area contributed by atoms with Gasteiger partial charge in [-0.3, -0.25) is 5.32 Å². The Hall–Kier alpha value is -3.39. The average Bonchev–Trinajstić information content (AvgIpc) is 3.47. The summed E-state index contributed by atoms with van der Waals surface area (Å²) in [5, 5.41) is 17.0. The lowest BCUT2D eigenvalue weighted by molar-refractivity contribution is 0.220. The topological polar surface area (TPSA) is 132 Å². The molecule has 4 heterocycles. The zero-order valence-corrected chi connectivity index (χ0v) is 16.8. The highest BCUT2D eigenvalue weighted by molar-refractivity contribution is 7.10. The normalized spacial score (nSPS) is 18.6. The first-order valence-electron chi connectivity index (χ1n) is 9.19. The van der Waals surface area contributed by atoms with E-state index in [1.54, 1.807) is 17.3 Å². The number of urea groups is 1. The molecule has 150 valence electrons. The van der Waals surface area contributed by atoms with Gasteiger partial charge in [-0.15, -0.1) is 4.37 Å². The molecule has 0 radical (unpaired) electrons. The van der Waals surface area contributed by atoms with Crippen LogP contribution >= 0.6 is 11.5 Å². The van der Waals surface area contributed by atoms with Crippen molar-refractivity contribution < 1.29 is 9.53 Å². The summed E-state index contributed by atoms with van der Waals surface area (Å²) in [5.41, 5.74) is 1.95. The zero-order valence-electron chi connectivity index (χ0n) is 16.0. The molecule has 1 aliphatic heterocycles. The van der Waals surface area contributed by atoms with Crippen LogP contribution in [0.25, 0.3) is 11.0 Å². The minimum Gasteiger partial charge on any atom is -0.466 e. The molecule has 2 atom stereocenters. The van der Waals surface area contributed by atoms with Crippen LogP contribution in [-0.4, -0.2) is 56.5 Å². The van der Waals surface area contributed by atoms with Crippen LogP contribution in [0.3, 0.4) is 0 Å². The number of nitrogens with zero attached hydrogens (tertiary/aromatic N) is 5. The Morgan fingerprint density at radius 3 is 3.10 bits per heavy atom. The predicted octanol–water partition coefficient (Wildman–Crippen LogP) is 2.65. The maximum atomic E-state index is 12.7. The number of aromatic amines is 1. The third-order valence-electron chi connectivity index (χ3n) is 5.09. The number of nitrogens with one attached hydrogen (secondary N) is 3. The van der Waals surface area contributed by atoms with E-state index in [0.717, 1.165) is 34.7 Å². The Morgan fingerprint density at radius 2 is 2.38 bits per heavy atom. The van der Waals surface area contributed by atoms with Crippen LogP contribution in [0.15, 0.2) is 18.5 Å². The van der Waals surface area contributed by atoms with Gasteiger partial charge in [0, 0.05) is 48.4 Å². The summed E-state index contributed by atoms with van der Waals surface area (Å²) in [4.78, 5) is 25.9. The number of amides is 2. The van der Waals surface area contributed by atoms with Gasteiger partial charge in [-0.2, -0.15) is 10.2 Å². The van der Waals surface area contributed by atoms with Gasteiger partial charge < -0.3 is 19.9 Å². The van der Waals surface area contributed by atoms with Crippen LogP contribution < -0.4 is 15.4 Å². The number of methoxy groups -OCH3 is 1. The van der Waals surface area contributed by atoms with Crippen molar-refractivity contribution in [1.82, 2.24) is 24.2 Å². The first-order chi connectivity index (χ1) is 14.1. The summed E-state index contributed by atoms with van der Waals surface area (Å²) < 4.78 is 8.93. The second-order valence-electron chi connectivity index (χ2n) is 6.74. The molecule has 0 aliphatic carbocycles. The highest BCUT2D eigenvalue weighted by Gasteiger charge is 2.35. The van der Waals surface area contributed by atoms with Crippen molar-refractivity contribution >= 4 is 39.4 Å². The quantitative estimate of drug-likeness (QED) is 0.587. The molecule has 3 N–H and O–H groups in total. The maximum absolute atomic E-state index is 12.7. The molecule has 3 aromatic rings. The number of nitriles is 1. The summed E-state index contributed by atoms with van der Waals surface area (Å²) in [7, 11) is 1.48. The van der Waals surface area contributed by atoms with Crippen LogP contribution in [0.2, 0.25) is 0 Å². The largest absolute Gasteiger partial charge is 0.466 e. The Labute approximate surface area is 171 Å². The van der Waals surface area contributed by atoms with Crippen LogP contribution in [0, 0.1) is 17.2 Å². The molecule has 3 aromatic heterocycles. The van der Waals surface area contributed by atoms with E-state index in [9.17, 15) is 10.1 Å². The molecular weight excluding hydrogens is 392 g/mol. The molecule has 0 aromatic carbocycles. The van der Waals surface area contributed by atoms with Gasteiger partial charge in [0.05, 0.1) is 18.4 Å². The van der Waals surface area contributed by atoms with Crippen molar-refractivity contribution in [3.63, 3.8) is 0 Å². The Kier molecular flexibility index (Phi) is 5.18. The van der Waals surface area contributed by atoms with Gasteiger partial charge in [0.25, 0.3) is 0 Å². The third kappa shape index (κ3) is 3.66. The number of ether oxygens (including phenoxy) is 1. The van der Waals surface area contributed by atoms with E-state index in [2.05, 4.69) is 43.0 Å². The van der Waals surface area contributed by atoms with Gasteiger partial charge in [0.2, 0.25) is 5.13 Å². The van der Waals surface area contributed by atoms with Gasteiger partial charge >= 0.3 is 12.0 Å². The molecule has 0 saturated carbocycles. The van der Waals surface area contributed by atoms with Gasteiger partial charge in [0.1, 0.15) is 11.7 Å². The standard InChI is InChI=1S/C18H20N8O2S/c1-3-10-8-26(18(27)24-17-23-16(28-2)25-29-17)9-13(10)22-14-11(6-19)7-21-15-12(14)4-5-20-15/h4-5,7,10,13H,3,8-9H2,1-2H3,(H2,20,21,22)(H,23,24,25,27)/t10-,13+/m1/s1. The number of H-pyrrole nitrogens is 1. The van der Waals surface area contributed by atoms with E-state index in [1.807, 2.05) is 6.07 Å². The Balaban J connectivity index is 1.51. The smallest absolute Gasteiger partial charge is 0.329 e. The van der Waals surface area contributed by atoms with E-state index >= 15 is 0 Å². The number of carbonyl (C=O) groups excluding carboxylic acids is 1. The van der Waals surface area contributed by atoms with Crippen molar-refractivity contribution in [2.45, 2.75) is 19.4 Å².